The lowest BCUT2D eigenvalue weighted by Crippen LogP contribution is -2.40. The maximum atomic E-state index is 12.4. The van der Waals surface area contributed by atoms with Gasteiger partial charge in [-0.05, 0) is 12.1 Å². The molecule has 1 unspecified atom stereocenters. The molecule has 1 aromatic carbocycles. The quantitative estimate of drug-likeness (QED) is 0.374. The molecule has 0 amide bonds. The SMILES string of the molecule is CC(=O)OC1[C@@H](OC(C)=O)[C@@H](COC(=O)c2ccccc2)O[C@H]1n1cnc2c(=O)[nH]c(N)nc21. The Morgan fingerprint density at radius 1 is 1.12 bits per heavy atom. The molecule has 1 saturated heterocycles. The van der Waals surface area contributed by atoms with E-state index in [0.717, 1.165) is 0 Å². The van der Waals surface area contributed by atoms with Crippen molar-refractivity contribution in [2.45, 2.75) is 38.4 Å². The van der Waals surface area contributed by atoms with Crippen LogP contribution in [-0.2, 0) is 28.5 Å². The van der Waals surface area contributed by atoms with E-state index in [-0.39, 0.29) is 23.7 Å². The number of imidazole rings is 1. The lowest BCUT2D eigenvalue weighted by Gasteiger charge is -2.23. The number of aromatic nitrogens is 4. The van der Waals surface area contributed by atoms with Crippen LogP contribution >= 0.6 is 0 Å². The van der Waals surface area contributed by atoms with Gasteiger partial charge in [0.15, 0.2) is 29.6 Å². The minimum atomic E-state index is -1.17. The molecule has 0 radical (unpaired) electrons. The fraction of sp³-hybridized carbons (Fsp3) is 0.333. The second-order valence-corrected chi connectivity index (χ2v) is 7.45. The molecule has 13 nitrogen and oxygen atoms in total. The number of rotatable bonds is 6. The Kier molecular flexibility index (Phi) is 6.27. The lowest BCUT2D eigenvalue weighted by atomic mass is 10.1. The normalized spacial score (nSPS) is 21.8. The third-order valence-electron chi connectivity index (χ3n) is 5.00. The molecule has 4 rings (SSSR count). The first kappa shape index (κ1) is 22.9. The fourth-order valence-electron chi connectivity index (χ4n) is 3.66. The van der Waals surface area contributed by atoms with E-state index in [1.807, 2.05) is 0 Å². The molecular formula is C21H21N5O8. The molecule has 4 atom stereocenters. The topological polar surface area (TPSA) is 178 Å². The van der Waals surface area contributed by atoms with Gasteiger partial charge < -0.3 is 24.7 Å². The molecule has 1 aliphatic heterocycles. The minimum absolute atomic E-state index is 0.0256. The number of fused-ring (bicyclic) bond motifs is 1. The Hall–Kier alpha value is -4.26. The lowest BCUT2D eigenvalue weighted by molar-refractivity contribution is -0.165. The first-order chi connectivity index (χ1) is 16.2. The van der Waals surface area contributed by atoms with Crippen molar-refractivity contribution in [3.05, 3.63) is 52.6 Å². The van der Waals surface area contributed by atoms with Crippen LogP contribution in [0.15, 0.2) is 41.5 Å². The first-order valence-corrected chi connectivity index (χ1v) is 10.2. The highest BCUT2D eigenvalue weighted by Crippen LogP contribution is 2.35. The molecule has 178 valence electrons. The average molecular weight is 471 g/mol. The fourth-order valence-corrected chi connectivity index (χ4v) is 3.66. The second-order valence-electron chi connectivity index (χ2n) is 7.45. The highest BCUT2D eigenvalue weighted by Gasteiger charge is 2.51. The van der Waals surface area contributed by atoms with Crippen molar-refractivity contribution in [3.63, 3.8) is 0 Å². The molecule has 0 spiro atoms. The number of H-pyrrole nitrogens is 1. The van der Waals surface area contributed by atoms with Gasteiger partial charge in [-0.2, -0.15) is 4.98 Å². The zero-order valence-corrected chi connectivity index (χ0v) is 18.2. The van der Waals surface area contributed by atoms with Crippen molar-refractivity contribution in [2.75, 3.05) is 12.3 Å². The molecule has 1 fully saturated rings. The summed E-state index contributed by atoms with van der Waals surface area (Å²) in [5.41, 5.74) is 5.44. The number of hydrogen-bond donors (Lipinski definition) is 2. The van der Waals surface area contributed by atoms with Crippen molar-refractivity contribution in [3.8, 4) is 0 Å². The molecule has 0 bridgehead atoms. The van der Waals surface area contributed by atoms with E-state index in [4.69, 9.17) is 24.7 Å². The predicted molar refractivity (Wildman–Crippen MR) is 114 cm³/mol. The van der Waals surface area contributed by atoms with E-state index in [1.54, 1.807) is 30.3 Å². The van der Waals surface area contributed by atoms with Crippen LogP contribution in [0.1, 0.15) is 30.4 Å². The van der Waals surface area contributed by atoms with Crippen LogP contribution in [0.25, 0.3) is 11.2 Å². The summed E-state index contributed by atoms with van der Waals surface area (Å²) in [5, 5.41) is 0. The summed E-state index contributed by atoms with van der Waals surface area (Å²) in [7, 11) is 0. The van der Waals surface area contributed by atoms with Crippen molar-refractivity contribution >= 4 is 35.0 Å². The summed E-state index contributed by atoms with van der Waals surface area (Å²) in [6.45, 7) is 2.04. The zero-order chi connectivity index (χ0) is 24.4. The predicted octanol–water partition coefficient (Wildman–Crippen LogP) is 0.320. The zero-order valence-electron chi connectivity index (χ0n) is 18.2. The average Bonchev–Trinajstić information content (AvgIpc) is 3.34. The highest BCUT2D eigenvalue weighted by atomic mass is 16.7. The Labute approximate surface area is 191 Å². The summed E-state index contributed by atoms with van der Waals surface area (Å²) in [5.74, 6) is -2.12. The van der Waals surface area contributed by atoms with Gasteiger partial charge in [0, 0.05) is 13.8 Å². The molecule has 34 heavy (non-hydrogen) atoms. The van der Waals surface area contributed by atoms with Gasteiger partial charge in [-0.15, -0.1) is 0 Å². The summed E-state index contributed by atoms with van der Waals surface area (Å²) < 4.78 is 23.5. The number of esters is 3. The number of nitrogens with two attached hydrogens (primary N) is 1. The van der Waals surface area contributed by atoms with Crippen LogP contribution < -0.4 is 11.3 Å². The Bertz CT molecular complexity index is 1290. The van der Waals surface area contributed by atoms with Crippen LogP contribution in [0.3, 0.4) is 0 Å². The van der Waals surface area contributed by atoms with Crippen molar-refractivity contribution < 1.29 is 33.3 Å². The van der Waals surface area contributed by atoms with Gasteiger partial charge in [0.2, 0.25) is 5.95 Å². The van der Waals surface area contributed by atoms with Crippen molar-refractivity contribution in [1.29, 1.82) is 0 Å². The Morgan fingerprint density at radius 2 is 1.79 bits per heavy atom. The number of carbonyl (C=O) groups excluding carboxylic acids is 3. The van der Waals surface area contributed by atoms with Gasteiger partial charge in [0.25, 0.3) is 5.56 Å². The Balaban J connectivity index is 1.67. The molecule has 3 N–H and O–H groups in total. The number of nitrogen functional groups attached to an aromatic ring is 1. The number of benzene rings is 1. The summed E-state index contributed by atoms with van der Waals surface area (Å²) >= 11 is 0. The van der Waals surface area contributed by atoms with Crippen LogP contribution in [0, 0.1) is 0 Å². The number of ether oxygens (including phenoxy) is 4. The summed E-state index contributed by atoms with van der Waals surface area (Å²) in [6, 6.07) is 8.28. The number of anilines is 1. The third kappa shape index (κ3) is 4.59. The Morgan fingerprint density at radius 3 is 2.47 bits per heavy atom. The molecule has 3 aromatic rings. The van der Waals surface area contributed by atoms with E-state index >= 15 is 0 Å². The smallest absolute Gasteiger partial charge is 0.338 e. The molecule has 0 saturated carbocycles. The maximum Gasteiger partial charge on any atom is 0.338 e. The van der Waals surface area contributed by atoms with Crippen molar-refractivity contribution in [1.82, 2.24) is 19.5 Å². The van der Waals surface area contributed by atoms with E-state index in [2.05, 4.69) is 15.0 Å². The number of carbonyl (C=O) groups is 3. The van der Waals surface area contributed by atoms with Gasteiger partial charge in [-0.1, -0.05) is 18.2 Å². The summed E-state index contributed by atoms with van der Waals surface area (Å²) in [6.07, 6.45) is -3.17. The number of nitrogens with zero attached hydrogens (tertiary/aromatic N) is 3. The first-order valence-electron chi connectivity index (χ1n) is 10.2. The van der Waals surface area contributed by atoms with Crippen LogP contribution in [-0.4, -0.2) is 62.3 Å². The highest BCUT2D eigenvalue weighted by molar-refractivity contribution is 5.89. The van der Waals surface area contributed by atoms with E-state index in [0.29, 0.717) is 5.56 Å². The van der Waals surface area contributed by atoms with Gasteiger partial charge >= 0.3 is 17.9 Å². The van der Waals surface area contributed by atoms with Crippen molar-refractivity contribution in [2.24, 2.45) is 0 Å². The van der Waals surface area contributed by atoms with Crippen LogP contribution in [0.5, 0.6) is 0 Å². The van der Waals surface area contributed by atoms with E-state index < -0.39 is 48.0 Å². The second kappa shape index (κ2) is 9.31. The molecule has 3 heterocycles. The van der Waals surface area contributed by atoms with E-state index in [1.165, 1.54) is 24.7 Å². The van der Waals surface area contributed by atoms with E-state index in [9.17, 15) is 19.2 Å². The number of nitrogens with one attached hydrogen (secondary N) is 1. The third-order valence-corrected chi connectivity index (χ3v) is 5.00. The number of hydrogen-bond acceptors (Lipinski definition) is 11. The molecule has 2 aromatic heterocycles. The monoisotopic (exact) mass is 471 g/mol. The molecular weight excluding hydrogens is 450 g/mol. The molecule has 1 aliphatic rings. The largest absolute Gasteiger partial charge is 0.459 e. The standard InChI is InChI=1S/C21H21N5O8/c1-10(27)32-15-13(8-31-20(30)12-6-4-3-5-7-12)34-19(16(15)33-11(2)28)26-9-23-14-17(26)24-21(22)25-18(14)29/h3-7,9,13,15-16,19H,8H2,1-2H3,(H3,22,24,25,29)/t13-,15+,16?,19-/m1/s1. The summed E-state index contributed by atoms with van der Waals surface area (Å²) in [4.78, 5) is 58.7. The van der Waals surface area contributed by atoms with Gasteiger partial charge in [0.05, 0.1) is 11.9 Å². The minimum Gasteiger partial charge on any atom is -0.459 e. The maximum absolute atomic E-state index is 12.4. The number of aromatic amines is 1. The van der Waals surface area contributed by atoms with Gasteiger partial charge in [0.1, 0.15) is 12.7 Å². The van der Waals surface area contributed by atoms with Crippen LogP contribution in [0.2, 0.25) is 0 Å². The van der Waals surface area contributed by atoms with Crippen LogP contribution in [0.4, 0.5) is 5.95 Å². The molecule has 13 heteroatoms. The van der Waals surface area contributed by atoms with Gasteiger partial charge in [-0.3, -0.25) is 23.9 Å². The molecule has 0 aliphatic carbocycles. The van der Waals surface area contributed by atoms with Gasteiger partial charge in [-0.25, -0.2) is 9.78 Å².